The second-order valence-electron chi connectivity index (χ2n) is 7.16. The first-order chi connectivity index (χ1) is 12.2. The molecule has 1 aromatic heterocycles. The molecule has 2 saturated heterocycles. The molecule has 1 N–H and O–H groups in total. The van der Waals surface area contributed by atoms with E-state index < -0.39 is 0 Å². The molecule has 3 heterocycles. The van der Waals surface area contributed by atoms with E-state index in [1.165, 1.54) is 0 Å². The van der Waals surface area contributed by atoms with Crippen LogP contribution in [0.4, 0.5) is 5.95 Å². The lowest BCUT2D eigenvalue weighted by atomic mass is 10.2. The zero-order chi connectivity index (χ0) is 17.2. The summed E-state index contributed by atoms with van der Waals surface area (Å²) in [7, 11) is 0. The SMILES string of the molecule is CC(C(=O)N1CCCC1)N1CCCN(c2nc3ccccc3[nH]2)CC1. The van der Waals surface area contributed by atoms with Crippen molar-refractivity contribution in [1.29, 1.82) is 0 Å². The van der Waals surface area contributed by atoms with Crippen LogP contribution in [-0.4, -0.2) is 71.0 Å². The number of nitrogens with zero attached hydrogens (tertiary/aromatic N) is 4. The molecule has 0 spiro atoms. The molecule has 1 unspecified atom stereocenters. The van der Waals surface area contributed by atoms with E-state index in [0.29, 0.717) is 5.91 Å². The lowest BCUT2D eigenvalue weighted by molar-refractivity contribution is -0.135. The van der Waals surface area contributed by atoms with Crippen molar-refractivity contribution in [2.45, 2.75) is 32.2 Å². The molecule has 1 aromatic carbocycles. The number of H-pyrrole nitrogens is 1. The summed E-state index contributed by atoms with van der Waals surface area (Å²) >= 11 is 0. The van der Waals surface area contributed by atoms with Crippen molar-refractivity contribution >= 4 is 22.9 Å². The van der Waals surface area contributed by atoms with Crippen LogP contribution in [0.15, 0.2) is 24.3 Å². The van der Waals surface area contributed by atoms with Gasteiger partial charge in [-0.25, -0.2) is 4.98 Å². The van der Waals surface area contributed by atoms with Gasteiger partial charge in [0, 0.05) is 39.3 Å². The number of likely N-dealkylation sites (tertiary alicyclic amines) is 1. The van der Waals surface area contributed by atoms with Crippen LogP contribution in [0.5, 0.6) is 0 Å². The van der Waals surface area contributed by atoms with Crippen molar-refractivity contribution in [2.24, 2.45) is 0 Å². The predicted octanol–water partition coefficient (Wildman–Crippen LogP) is 2.09. The number of amides is 1. The standard InChI is InChI=1S/C19H27N5O/c1-15(18(25)23-9-4-5-10-23)22-11-6-12-24(14-13-22)19-20-16-7-2-3-8-17(16)21-19/h2-3,7-8,15H,4-6,9-14H2,1H3,(H,20,21). The van der Waals surface area contributed by atoms with E-state index in [9.17, 15) is 4.79 Å². The van der Waals surface area contributed by atoms with Crippen LogP contribution < -0.4 is 4.90 Å². The highest BCUT2D eigenvalue weighted by Crippen LogP contribution is 2.19. The largest absolute Gasteiger partial charge is 0.341 e. The maximum absolute atomic E-state index is 12.7. The summed E-state index contributed by atoms with van der Waals surface area (Å²) in [6.07, 6.45) is 3.35. The summed E-state index contributed by atoms with van der Waals surface area (Å²) in [5.74, 6) is 1.25. The molecule has 0 saturated carbocycles. The van der Waals surface area contributed by atoms with Crippen molar-refractivity contribution in [3.05, 3.63) is 24.3 Å². The summed E-state index contributed by atoms with van der Waals surface area (Å²) in [4.78, 5) is 27.5. The highest BCUT2D eigenvalue weighted by molar-refractivity contribution is 5.81. The third-order valence-electron chi connectivity index (χ3n) is 5.53. The number of anilines is 1. The fourth-order valence-corrected chi connectivity index (χ4v) is 3.98. The number of aromatic nitrogens is 2. The smallest absolute Gasteiger partial charge is 0.239 e. The van der Waals surface area contributed by atoms with Gasteiger partial charge in [-0.15, -0.1) is 0 Å². The Morgan fingerprint density at radius 3 is 2.64 bits per heavy atom. The van der Waals surface area contributed by atoms with Gasteiger partial charge in [0.2, 0.25) is 11.9 Å². The highest BCUT2D eigenvalue weighted by atomic mass is 16.2. The summed E-state index contributed by atoms with van der Waals surface area (Å²) in [6.45, 7) is 7.68. The van der Waals surface area contributed by atoms with Gasteiger partial charge < -0.3 is 14.8 Å². The monoisotopic (exact) mass is 341 g/mol. The molecule has 0 bridgehead atoms. The predicted molar refractivity (Wildman–Crippen MR) is 99.8 cm³/mol. The molecule has 1 amide bonds. The number of hydrogen-bond donors (Lipinski definition) is 1. The zero-order valence-electron chi connectivity index (χ0n) is 14.9. The van der Waals surface area contributed by atoms with E-state index in [2.05, 4.69) is 27.8 Å². The Bertz CT molecular complexity index is 703. The minimum Gasteiger partial charge on any atom is -0.341 e. The van der Waals surface area contributed by atoms with Crippen LogP contribution >= 0.6 is 0 Å². The lowest BCUT2D eigenvalue weighted by Gasteiger charge is -2.30. The number of carbonyl (C=O) groups is 1. The van der Waals surface area contributed by atoms with E-state index in [4.69, 9.17) is 4.98 Å². The van der Waals surface area contributed by atoms with Crippen LogP contribution in [0.1, 0.15) is 26.2 Å². The summed E-state index contributed by atoms with van der Waals surface area (Å²) in [6, 6.07) is 8.12. The van der Waals surface area contributed by atoms with Crippen molar-refractivity contribution in [1.82, 2.24) is 19.8 Å². The normalized spacial score (nSPS) is 20.8. The van der Waals surface area contributed by atoms with Crippen LogP contribution in [0.3, 0.4) is 0 Å². The number of nitrogens with one attached hydrogen (secondary N) is 1. The van der Waals surface area contributed by atoms with E-state index in [-0.39, 0.29) is 6.04 Å². The second kappa shape index (κ2) is 7.04. The van der Waals surface area contributed by atoms with Crippen LogP contribution in [0, 0.1) is 0 Å². The molecule has 6 heteroatoms. The number of fused-ring (bicyclic) bond motifs is 1. The maximum Gasteiger partial charge on any atom is 0.239 e. The minimum absolute atomic E-state index is 0.0197. The first-order valence-electron chi connectivity index (χ1n) is 9.45. The fourth-order valence-electron chi connectivity index (χ4n) is 3.98. The first-order valence-corrected chi connectivity index (χ1v) is 9.45. The molecule has 25 heavy (non-hydrogen) atoms. The van der Waals surface area contributed by atoms with Gasteiger partial charge in [-0.2, -0.15) is 0 Å². The quantitative estimate of drug-likeness (QED) is 0.929. The van der Waals surface area contributed by atoms with E-state index in [1.54, 1.807) is 0 Å². The van der Waals surface area contributed by atoms with E-state index in [1.807, 2.05) is 23.1 Å². The van der Waals surface area contributed by atoms with Crippen LogP contribution in [0.25, 0.3) is 11.0 Å². The van der Waals surface area contributed by atoms with Gasteiger partial charge in [-0.3, -0.25) is 9.69 Å². The van der Waals surface area contributed by atoms with Gasteiger partial charge in [0.25, 0.3) is 0 Å². The number of carbonyl (C=O) groups excluding carboxylic acids is 1. The van der Waals surface area contributed by atoms with Crippen molar-refractivity contribution in [2.75, 3.05) is 44.2 Å². The number of hydrogen-bond acceptors (Lipinski definition) is 4. The Labute approximate surface area is 148 Å². The molecule has 2 fully saturated rings. The summed E-state index contributed by atoms with van der Waals surface area (Å²) < 4.78 is 0. The number of aromatic amines is 1. The molecule has 0 aliphatic carbocycles. The van der Waals surface area contributed by atoms with Gasteiger partial charge in [0.15, 0.2) is 0 Å². The average Bonchev–Trinajstić information content (AvgIpc) is 3.25. The van der Waals surface area contributed by atoms with Gasteiger partial charge in [-0.05, 0) is 38.3 Å². The van der Waals surface area contributed by atoms with Crippen LogP contribution in [-0.2, 0) is 4.79 Å². The van der Waals surface area contributed by atoms with E-state index >= 15 is 0 Å². The molecule has 134 valence electrons. The topological polar surface area (TPSA) is 55.5 Å². The Balaban J connectivity index is 1.42. The van der Waals surface area contributed by atoms with Gasteiger partial charge in [-0.1, -0.05) is 12.1 Å². The summed E-state index contributed by atoms with van der Waals surface area (Å²) in [5, 5.41) is 0. The van der Waals surface area contributed by atoms with Crippen molar-refractivity contribution in [3.8, 4) is 0 Å². The number of benzene rings is 1. The van der Waals surface area contributed by atoms with Crippen molar-refractivity contribution < 1.29 is 4.79 Å². The second-order valence-corrected chi connectivity index (χ2v) is 7.16. The third kappa shape index (κ3) is 3.35. The van der Waals surface area contributed by atoms with Gasteiger partial charge in [0.05, 0.1) is 17.1 Å². The molecule has 6 nitrogen and oxygen atoms in total. The zero-order valence-corrected chi connectivity index (χ0v) is 14.9. The van der Waals surface area contributed by atoms with E-state index in [0.717, 1.165) is 75.5 Å². The number of para-hydroxylation sites is 2. The molecule has 2 aliphatic rings. The molecule has 2 aromatic rings. The number of imidazole rings is 1. The third-order valence-corrected chi connectivity index (χ3v) is 5.53. The fraction of sp³-hybridized carbons (Fsp3) is 0.579. The van der Waals surface area contributed by atoms with Gasteiger partial charge in [0.1, 0.15) is 0 Å². The lowest BCUT2D eigenvalue weighted by Crippen LogP contribution is -2.47. The minimum atomic E-state index is -0.0197. The molecule has 4 rings (SSSR count). The highest BCUT2D eigenvalue weighted by Gasteiger charge is 2.29. The maximum atomic E-state index is 12.7. The Morgan fingerprint density at radius 2 is 1.84 bits per heavy atom. The molecule has 2 aliphatic heterocycles. The van der Waals surface area contributed by atoms with Crippen molar-refractivity contribution in [3.63, 3.8) is 0 Å². The molecule has 0 radical (unpaired) electrons. The Kier molecular flexibility index (Phi) is 4.61. The molecular weight excluding hydrogens is 314 g/mol. The first kappa shape index (κ1) is 16.4. The Morgan fingerprint density at radius 1 is 1.04 bits per heavy atom. The summed E-state index contributed by atoms with van der Waals surface area (Å²) in [5.41, 5.74) is 2.09. The Hall–Kier alpha value is -2.08. The van der Waals surface area contributed by atoms with Gasteiger partial charge >= 0.3 is 0 Å². The molecular formula is C19H27N5O. The number of rotatable bonds is 3. The average molecular weight is 341 g/mol. The van der Waals surface area contributed by atoms with Crippen LogP contribution in [0.2, 0.25) is 0 Å². The molecule has 1 atom stereocenters.